The number of hydrogen-bond donors (Lipinski definition) is 1. The summed E-state index contributed by atoms with van der Waals surface area (Å²) in [7, 11) is 0. The maximum atomic E-state index is 14.9. The highest BCUT2D eigenvalue weighted by molar-refractivity contribution is 5.94. The smallest absolute Gasteiger partial charge is 0.339 e. The van der Waals surface area contributed by atoms with E-state index in [1.807, 2.05) is 0 Å². The van der Waals surface area contributed by atoms with Crippen LogP contribution in [0.3, 0.4) is 0 Å². The summed E-state index contributed by atoms with van der Waals surface area (Å²) in [4.78, 5) is 13.9. The minimum atomic E-state index is -4.23. The van der Waals surface area contributed by atoms with Crippen molar-refractivity contribution in [3.8, 4) is 0 Å². The molecule has 0 atom stereocenters. The topological polar surface area (TPSA) is 32.3 Å². The van der Waals surface area contributed by atoms with Crippen LogP contribution in [0.25, 0.3) is 0 Å². The van der Waals surface area contributed by atoms with E-state index in [4.69, 9.17) is 0 Å². The number of alkyl halides is 3. The van der Waals surface area contributed by atoms with Crippen LogP contribution in [0.2, 0.25) is 0 Å². The zero-order valence-electron chi connectivity index (χ0n) is 14.3. The first-order valence-electron chi connectivity index (χ1n) is 8.73. The first-order valence-corrected chi connectivity index (χ1v) is 8.73. The molecule has 8 heteroatoms. The third kappa shape index (κ3) is 4.49. The summed E-state index contributed by atoms with van der Waals surface area (Å²) < 4.78 is 53.1. The van der Waals surface area contributed by atoms with Crippen molar-refractivity contribution in [2.45, 2.75) is 37.8 Å². The van der Waals surface area contributed by atoms with E-state index in [-0.39, 0.29) is 49.8 Å². The Bertz CT molecular complexity index is 624. The van der Waals surface area contributed by atoms with E-state index in [1.54, 1.807) is 12.1 Å². The van der Waals surface area contributed by atoms with Gasteiger partial charge in [0.15, 0.2) is 0 Å². The lowest BCUT2D eigenvalue weighted by molar-refractivity contribution is -0.183. The van der Waals surface area contributed by atoms with Gasteiger partial charge in [0, 0.05) is 13.1 Å². The Morgan fingerprint density at radius 1 is 1.08 bits per heavy atom. The molecule has 2 heterocycles. The van der Waals surface area contributed by atoms with E-state index in [1.165, 1.54) is 11.0 Å². The Kier molecular flexibility index (Phi) is 6.91. The SMILES string of the molecule is Cl.O=C(c1cccc(C2CCNCC2)c1F)N1CCC(C(F)(F)F)CC1. The summed E-state index contributed by atoms with van der Waals surface area (Å²) in [5, 5.41) is 3.22. The second kappa shape index (κ2) is 8.57. The van der Waals surface area contributed by atoms with Crippen LogP contribution < -0.4 is 5.32 Å². The number of nitrogens with one attached hydrogen (secondary N) is 1. The Labute approximate surface area is 156 Å². The van der Waals surface area contributed by atoms with Crippen molar-refractivity contribution < 1.29 is 22.4 Å². The quantitative estimate of drug-likeness (QED) is 0.765. The van der Waals surface area contributed by atoms with E-state index >= 15 is 0 Å². The Hall–Kier alpha value is -1.34. The molecular formula is C18H23ClF4N2O. The van der Waals surface area contributed by atoms with Gasteiger partial charge < -0.3 is 10.2 Å². The molecule has 2 fully saturated rings. The largest absolute Gasteiger partial charge is 0.391 e. The Balaban J connectivity index is 0.00000243. The zero-order valence-corrected chi connectivity index (χ0v) is 15.1. The van der Waals surface area contributed by atoms with Crippen molar-refractivity contribution in [3.63, 3.8) is 0 Å². The number of amides is 1. The molecule has 0 aromatic heterocycles. The van der Waals surface area contributed by atoms with Crippen LogP contribution >= 0.6 is 12.4 Å². The second-order valence-corrected chi connectivity index (χ2v) is 6.84. The fourth-order valence-corrected chi connectivity index (χ4v) is 3.74. The van der Waals surface area contributed by atoms with Gasteiger partial charge in [-0.05, 0) is 56.3 Å². The van der Waals surface area contributed by atoms with Crippen molar-refractivity contribution in [2.75, 3.05) is 26.2 Å². The van der Waals surface area contributed by atoms with E-state index in [0.29, 0.717) is 5.56 Å². The average molecular weight is 395 g/mol. The average Bonchev–Trinajstić information content (AvgIpc) is 2.61. The summed E-state index contributed by atoms with van der Waals surface area (Å²) in [6.45, 7) is 1.65. The van der Waals surface area contributed by atoms with Crippen LogP contribution in [-0.4, -0.2) is 43.2 Å². The summed E-state index contributed by atoms with van der Waals surface area (Å²) in [5.41, 5.74) is 0.513. The Morgan fingerprint density at radius 3 is 2.27 bits per heavy atom. The van der Waals surface area contributed by atoms with Crippen LogP contribution in [0.15, 0.2) is 18.2 Å². The number of carbonyl (C=O) groups excluding carboxylic acids is 1. The maximum absolute atomic E-state index is 14.9. The highest BCUT2D eigenvalue weighted by atomic mass is 35.5. The molecule has 2 aliphatic heterocycles. The van der Waals surface area contributed by atoms with Crippen LogP contribution in [0.5, 0.6) is 0 Å². The highest BCUT2D eigenvalue weighted by Crippen LogP contribution is 2.35. The van der Waals surface area contributed by atoms with Crippen molar-refractivity contribution in [1.29, 1.82) is 0 Å². The van der Waals surface area contributed by atoms with E-state index < -0.39 is 23.8 Å². The number of hydrogen-bond acceptors (Lipinski definition) is 2. The van der Waals surface area contributed by atoms with Gasteiger partial charge in [-0.25, -0.2) is 4.39 Å². The lowest BCUT2D eigenvalue weighted by Crippen LogP contribution is -2.42. The maximum Gasteiger partial charge on any atom is 0.391 e. The summed E-state index contributed by atoms with van der Waals surface area (Å²) in [5.74, 6) is -2.32. The molecule has 0 spiro atoms. The normalized spacial score (nSPS) is 19.9. The Morgan fingerprint density at radius 2 is 1.69 bits per heavy atom. The van der Waals surface area contributed by atoms with Gasteiger partial charge in [0.2, 0.25) is 0 Å². The van der Waals surface area contributed by atoms with Crippen LogP contribution in [0.4, 0.5) is 17.6 Å². The number of carbonyl (C=O) groups is 1. The molecule has 26 heavy (non-hydrogen) atoms. The minimum Gasteiger partial charge on any atom is -0.339 e. The molecule has 1 N–H and O–H groups in total. The lowest BCUT2D eigenvalue weighted by Gasteiger charge is -2.33. The molecule has 0 saturated carbocycles. The first-order chi connectivity index (χ1) is 11.9. The summed E-state index contributed by atoms with van der Waals surface area (Å²) >= 11 is 0. The van der Waals surface area contributed by atoms with Gasteiger partial charge in [0.05, 0.1) is 11.5 Å². The summed E-state index contributed by atoms with van der Waals surface area (Å²) in [6, 6.07) is 4.80. The first kappa shape index (κ1) is 21.0. The van der Waals surface area contributed by atoms with Gasteiger partial charge in [-0.2, -0.15) is 13.2 Å². The third-order valence-electron chi connectivity index (χ3n) is 5.28. The standard InChI is InChI=1S/C18H22F4N2O.ClH/c19-16-14(12-4-8-23-9-5-12)2-1-3-15(16)17(25)24-10-6-13(7-11-24)18(20,21)22;/h1-3,12-13,23H,4-11H2;1H. The minimum absolute atomic E-state index is 0. The molecule has 2 saturated heterocycles. The number of nitrogens with zero attached hydrogens (tertiary/aromatic N) is 1. The predicted molar refractivity (Wildman–Crippen MR) is 93.2 cm³/mol. The molecule has 146 valence electrons. The van der Waals surface area contributed by atoms with Gasteiger partial charge in [0.25, 0.3) is 5.91 Å². The van der Waals surface area contributed by atoms with E-state index in [9.17, 15) is 22.4 Å². The molecular weight excluding hydrogens is 372 g/mol. The van der Waals surface area contributed by atoms with Crippen molar-refractivity contribution in [3.05, 3.63) is 35.1 Å². The van der Waals surface area contributed by atoms with Crippen molar-refractivity contribution in [1.82, 2.24) is 10.2 Å². The lowest BCUT2D eigenvalue weighted by atomic mass is 9.88. The van der Waals surface area contributed by atoms with Crippen LogP contribution in [0.1, 0.15) is 47.5 Å². The van der Waals surface area contributed by atoms with E-state index in [2.05, 4.69) is 5.32 Å². The van der Waals surface area contributed by atoms with Crippen molar-refractivity contribution >= 4 is 18.3 Å². The van der Waals surface area contributed by atoms with Gasteiger partial charge in [-0.3, -0.25) is 4.79 Å². The second-order valence-electron chi connectivity index (χ2n) is 6.84. The number of benzene rings is 1. The number of likely N-dealkylation sites (tertiary alicyclic amines) is 1. The van der Waals surface area contributed by atoms with Crippen molar-refractivity contribution in [2.24, 2.45) is 5.92 Å². The fourth-order valence-electron chi connectivity index (χ4n) is 3.74. The predicted octanol–water partition coefficient (Wildman–Crippen LogP) is 4.13. The number of piperidine rings is 2. The molecule has 1 amide bonds. The number of halogens is 5. The molecule has 0 radical (unpaired) electrons. The van der Waals surface area contributed by atoms with Gasteiger partial charge in [-0.15, -0.1) is 12.4 Å². The zero-order chi connectivity index (χ0) is 18.0. The van der Waals surface area contributed by atoms with Crippen LogP contribution in [-0.2, 0) is 0 Å². The van der Waals surface area contributed by atoms with Gasteiger partial charge in [-0.1, -0.05) is 12.1 Å². The van der Waals surface area contributed by atoms with Gasteiger partial charge >= 0.3 is 6.18 Å². The molecule has 1 aromatic carbocycles. The molecule has 3 rings (SSSR count). The van der Waals surface area contributed by atoms with Crippen LogP contribution in [0, 0.1) is 11.7 Å². The van der Waals surface area contributed by atoms with E-state index in [0.717, 1.165) is 25.9 Å². The molecule has 1 aromatic rings. The van der Waals surface area contributed by atoms with Gasteiger partial charge in [0.1, 0.15) is 5.82 Å². The monoisotopic (exact) mass is 394 g/mol. The number of rotatable bonds is 2. The fraction of sp³-hybridized carbons (Fsp3) is 0.611. The summed E-state index contributed by atoms with van der Waals surface area (Å²) in [6.07, 6.45) is -2.85. The molecule has 2 aliphatic rings. The molecule has 3 nitrogen and oxygen atoms in total. The molecule has 0 bridgehead atoms. The molecule has 0 unspecified atom stereocenters. The highest BCUT2D eigenvalue weighted by Gasteiger charge is 2.42. The molecule has 0 aliphatic carbocycles. The third-order valence-corrected chi connectivity index (χ3v) is 5.28.